The average Bonchev–Trinajstić information content (AvgIpc) is 3.02. The Morgan fingerprint density at radius 1 is 0.963 bits per heavy atom. The number of nitro groups is 1. The number of carbonyl (C=O) groups is 1. The smallest absolute Gasteiger partial charge is 0.334 e. The van der Waals surface area contributed by atoms with Crippen molar-refractivity contribution in [3.8, 4) is 5.75 Å². The number of ether oxygens (including phenoxy) is 1. The van der Waals surface area contributed by atoms with Gasteiger partial charge in [-0.3, -0.25) is 10.1 Å². The highest BCUT2D eigenvalue weighted by atomic mass is 16.6. The molecule has 0 aliphatic heterocycles. The number of aromatic nitrogens is 1. The second kappa shape index (κ2) is 6.57. The van der Waals surface area contributed by atoms with Crippen LogP contribution in [0.1, 0.15) is 13.0 Å². The van der Waals surface area contributed by atoms with E-state index in [4.69, 9.17) is 4.74 Å². The Kier molecular flexibility index (Phi) is 4.08. The summed E-state index contributed by atoms with van der Waals surface area (Å²) in [7, 11) is 0. The van der Waals surface area contributed by atoms with Crippen LogP contribution in [0, 0.1) is 10.1 Å². The number of nitrogens with zero attached hydrogens (tertiary/aromatic N) is 2. The van der Waals surface area contributed by atoms with E-state index in [9.17, 15) is 14.9 Å². The first-order valence-corrected chi connectivity index (χ1v) is 8.50. The number of nitro benzene ring substituents is 1. The minimum Gasteiger partial charge on any atom is -0.425 e. The van der Waals surface area contributed by atoms with Gasteiger partial charge in [0, 0.05) is 27.9 Å². The Bertz CT molecular complexity index is 1130. The zero-order valence-corrected chi connectivity index (χ0v) is 14.5. The van der Waals surface area contributed by atoms with E-state index in [1.165, 1.54) is 24.3 Å². The van der Waals surface area contributed by atoms with E-state index in [0.29, 0.717) is 0 Å². The molecule has 1 heterocycles. The summed E-state index contributed by atoms with van der Waals surface area (Å²) in [5.41, 5.74) is 1.74. The lowest BCUT2D eigenvalue weighted by molar-refractivity contribution is -0.384. The minimum absolute atomic E-state index is 0.121. The third-order valence-corrected chi connectivity index (χ3v) is 4.59. The van der Waals surface area contributed by atoms with Gasteiger partial charge in [0.2, 0.25) is 0 Å². The second-order valence-corrected chi connectivity index (χ2v) is 6.26. The molecule has 0 fully saturated rings. The number of benzene rings is 3. The topological polar surface area (TPSA) is 74.4 Å². The number of hydrogen-bond donors (Lipinski definition) is 0. The lowest BCUT2D eigenvalue weighted by Crippen LogP contribution is -2.21. The number of para-hydroxylation sites is 2. The molecule has 6 nitrogen and oxygen atoms in total. The first kappa shape index (κ1) is 16.8. The monoisotopic (exact) mass is 360 g/mol. The molecular weight excluding hydrogens is 344 g/mol. The molecule has 0 N–H and O–H groups in total. The fourth-order valence-electron chi connectivity index (χ4n) is 3.34. The summed E-state index contributed by atoms with van der Waals surface area (Å²) in [6, 6.07) is 20.8. The molecule has 1 unspecified atom stereocenters. The summed E-state index contributed by atoms with van der Waals surface area (Å²) in [4.78, 5) is 23.2. The normalized spacial score (nSPS) is 12.2. The van der Waals surface area contributed by atoms with Gasteiger partial charge in [0.1, 0.15) is 11.8 Å². The summed E-state index contributed by atoms with van der Waals surface area (Å²) in [5, 5.41) is 13.0. The van der Waals surface area contributed by atoms with E-state index in [0.717, 1.165) is 21.8 Å². The fraction of sp³-hybridized carbons (Fsp3) is 0.0952. The number of hydrogen-bond acceptors (Lipinski definition) is 4. The molecule has 3 aromatic carbocycles. The number of rotatable bonds is 4. The molecule has 1 aromatic heterocycles. The van der Waals surface area contributed by atoms with Crippen LogP contribution in [0.25, 0.3) is 21.8 Å². The molecule has 0 saturated heterocycles. The first-order chi connectivity index (χ1) is 13.1. The van der Waals surface area contributed by atoms with Gasteiger partial charge in [0.05, 0.1) is 11.0 Å². The quantitative estimate of drug-likeness (QED) is 0.225. The van der Waals surface area contributed by atoms with Crippen LogP contribution in [0.5, 0.6) is 5.75 Å². The molecule has 27 heavy (non-hydrogen) atoms. The van der Waals surface area contributed by atoms with Crippen molar-refractivity contribution in [3.63, 3.8) is 0 Å². The number of esters is 1. The van der Waals surface area contributed by atoms with E-state index >= 15 is 0 Å². The Labute approximate surface area is 154 Å². The van der Waals surface area contributed by atoms with Crippen molar-refractivity contribution < 1.29 is 14.5 Å². The summed E-state index contributed by atoms with van der Waals surface area (Å²) in [5.74, 6) is -0.330. The molecule has 0 spiro atoms. The molecule has 6 heteroatoms. The summed E-state index contributed by atoms with van der Waals surface area (Å²) in [6.45, 7) is 1.76. The molecule has 4 rings (SSSR count). The van der Waals surface area contributed by atoms with Gasteiger partial charge in [-0.1, -0.05) is 42.5 Å². The first-order valence-electron chi connectivity index (χ1n) is 8.50. The van der Waals surface area contributed by atoms with Crippen LogP contribution in [-0.4, -0.2) is 15.5 Å². The van der Waals surface area contributed by atoms with Gasteiger partial charge in [-0.05, 0) is 25.1 Å². The van der Waals surface area contributed by atoms with E-state index < -0.39 is 16.9 Å². The highest BCUT2D eigenvalue weighted by Gasteiger charge is 2.22. The fourth-order valence-corrected chi connectivity index (χ4v) is 3.34. The Morgan fingerprint density at radius 3 is 2.15 bits per heavy atom. The summed E-state index contributed by atoms with van der Waals surface area (Å²) < 4.78 is 7.36. The predicted octanol–water partition coefficient (Wildman–Crippen LogP) is 4.87. The highest BCUT2D eigenvalue weighted by Crippen LogP contribution is 2.32. The van der Waals surface area contributed by atoms with Crippen molar-refractivity contribution >= 4 is 33.5 Å². The lowest BCUT2D eigenvalue weighted by atomic mass is 10.2. The molecule has 0 aliphatic carbocycles. The predicted molar refractivity (Wildman–Crippen MR) is 103 cm³/mol. The van der Waals surface area contributed by atoms with Gasteiger partial charge >= 0.3 is 5.97 Å². The van der Waals surface area contributed by atoms with Crippen LogP contribution in [0.15, 0.2) is 72.8 Å². The van der Waals surface area contributed by atoms with E-state index in [2.05, 4.69) is 0 Å². The number of fused-ring (bicyclic) bond motifs is 3. The molecule has 1 atom stereocenters. The van der Waals surface area contributed by atoms with Crippen molar-refractivity contribution in [2.75, 3.05) is 0 Å². The van der Waals surface area contributed by atoms with Crippen molar-refractivity contribution in [1.29, 1.82) is 0 Å². The van der Waals surface area contributed by atoms with Crippen LogP contribution >= 0.6 is 0 Å². The maximum Gasteiger partial charge on any atom is 0.334 e. The van der Waals surface area contributed by atoms with E-state index in [-0.39, 0.29) is 11.4 Å². The molecule has 0 saturated carbocycles. The van der Waals surface area contributed by atoms with Gasteiger partial charge in [0.15, 0.2) is 0 Å². The van der Waals surface area contributed by atoms with E-state index in [1.807, 2.05) is 53.1 Å². The van der Waals surface area contributed by atoms with E-state index in [1.54, 1.807) is 6.92 Å². The minimum atomic E-state index is -0.603. The van der Waals surface area contributed by atoms with Crippen LogP contribution in [-0.2, 0) is 4.79 Å². The van der Waals surface area contributed by atoms with Crippen LogP contribution in [0.4, 0.5) is 5.69 Å². The van der Waals surface area contributed by atoms with Gasteiger partial charge < -0.3 is 9.30 Å². The lowest BCUT2D eigenvalue weighted by Gasteiger charge is -2.15. The standard InChI is InChI=1S/C21H16N2O4/c1-14(21(24)27-16-8-6-7-15(13-16)23(25)26)22-19-11-4-2-9-17(19)18-10-3-5-12-20(18)22/h2-14H,1H3. The Hall–Kier alpha value is -3.67. The molecule has 0 amide bonds. The van der Waals surface area contributed by atoms with Crippen molar-refractivity contribution in [1.82, 2.24) is 4.57 Å². The molecule has 0 bridgehead atoms. The zero-order valence-electron chi connectivity index (χ0n) is 14.5. The number of carbonyl (C=O) groups excluding carboxylic acids is 1. The third kappa shape index (κ3) is 2.91. The SMILES string of the molecule is CC(C(=O)Oc1cccc([N+](=O)[O-])c1)n1c2ccccc2c2ccccc21. The third-order valence-electron chi connectivity index (χ3n) is 4.59. The van der Waals surface area contributed by atoms with Crippen molar-refractivity contribution in [3.05, 3.63) is 82.9 Å². The maximum atomic E-state index is 12.8. The molecule has 134 valence electrons. The summed E-state index contributed by atoms with van der Waals surface area (Å²) in [6.07, 6.45) is 0. The van der Waals surface area contributed by atoms with Crippen LogP contribution in [0.3, 0.4) is 0 Å². The summed E-state index contributed by atoms with van der Waals surface area (Å²) >= 11 is 0. The number of non-ortho nitro benzene ring substituents is 1. The van der Waals surface area contributed by atoms with Crippen LogP contribution in [0.2, 0.25) is 0 Å². The Morgan fingerprint density at radius 2 is 1.56 bits per heavy atom. The average molecular weight is 360 g/mol. The molecular formula is C21H16N2O4. The van der Waals surface area contributed by atoms with Gasteiger partial charge in [0.25, 0.3) is 5.69 Å². The molecule has 4 aromatic rings. The molecule has 0 radical (unpaired) electrons. The van der Waals surface area contributed by atoms with Crippen LogP contribution < -0.4 is 4.74 Å². The second-order valence-electron chi connectivity index (χ2n) is 6.26. The molecule has 0 aliphatic rings. The van der Waals surface area contributed by atoms with Gasteiger partial charge in [-0.2, -0.15) is 0 Å². The Balaban J connectivity index is 1.74. The maximum absolute atomic E-state index is 12.8. The van der Waals surface area contributed by atoms with Gasteiger partial charge in [-0.15, -0.1) is 0 Å². The zero-order chi connectivity index (χ0) is 19.0. The highest BCUT2D eigenvalue weighted by molar-refractivity contribution is 6.08. The van der Waals surface area contributed by atoms with Gasteiger partial charge in [-0.25, -0.2) is 4.79 Å². The van der Waals surface area contributed by atoms with Crippen molar-refractivity contribution in [2.24, 2.45) is 0 Å². The largest absolute Gasteiger partial charge is 0.425 e. The van der Waals surface area contributed by atoms with Crippen molar-refractivity contribution in [2.45, 2.75) is 13.0 Å².